The van der Waals surface area contributed by atoms with E-state index in [0.717, 1.165) is 19.3 Å². The van der Waals surface area contributed by atoms with Gasteiger partial charge in [-0.3, -0.25) is 4.79 Å². The Morgan fingerprint density at radius 1 is 1.71 bits per heavy atom. The maximum Gasteiger partial charge on any atom is 0.230 e. The largest absolute Gasteiger partial charge is 0.341 e. The first-order valence-electron chi connectivity index (χ1n) is 6.06. The molecule has 4 heteroatoms. The van der Waals surface area contributed by atoms with Crippen LogP contribution in [0.25, 0.3) is 0 Å². The highest BCUT2D eigenvalue weighted by molar-refractivity contribution is 7.07. The standard InChI is InChI=1S/C13H20N2OS/c1-13(6-3-4-11(13)14)12(16)15(2)8-10-5-7-17-9-10/h5,7,9,11H,3-4,6,8,14H2,1-2H3. The van der Waals surface area contributed by atoms with Crippen LogP contribution in [0.4, 0.5) is 0 Å². The van der Waals surface area contributed by atoms with Crippen molar-refractivity contribution in [1.29, 1.82) is 0 Å². The van der Waals surface area contributed by atoms with E-state index in [4.69, 9.17) is 5.73 Å². The van der Waals surface area contributed by atoms with Gasteiger partial charge in [0.05, 0.1) is 5.41 Å². The van der Waals surface area contributed by atoms with Gasteiger partial charge in [0.15, 0.2) is 0 Å². The molecule has 0 saturated heterocycles. The number of nitrogens with two attached hydrogens (primary N) is 1. The van der Waals surface area contributed by atoms with Crippen molar-refractivity contribution >= 4 is 17.2 Å². The molecule has 1 amide bonds. The summed E-state index contributed by atoms with van der Waals surface area (Å²) >= 11 is 1.66. The van der Waals surface area contributed by atoms with Crippen molar-refractivity contribution in [1.82, 2.24) is 4.90 Å². The van der Waals surface area contributed by atoms with Crippen LogP contribution in [0.15, 0.2) is 16.8 Å². The predicted octanol–water partition coefficient (Wildman–Crippen LogP) is 2.22. The van der Waals surface area contributed by atoms with Gasteiger partial charge >= 0.3 is 0 Å². The van der Waals surface area contributed by atoms with E-state index in [-0.39, 0.29) is 17.4 Å². The van der Waals surface area contributed by atoms with Crippen LogP contribution in [-0.2, 0) is 11.3 Å². The monoisotopic (exact) mass is 252 g/mol. The summed E-state index contributed by atoms with van der Waals surface area (Å²) in [7, 11) is 1.87. The normalized spacial score (nSPS) is 28.3. The molecular weight excluding hydrogens is 232 g/mol. The molecule has 0 spiro atoms. The average Bonchev–Trinajstić information content (AvgIpc) is 2.90. The third-order valence-electron chi connectivity index (χ3n) is 3.86. The molecule has 1 heterocycles. The molecule has 1 aromatic rings. The van der Waals surface area contributed by atoms with Crippen LogP contribution < -0.4 is 5.73 Å². The molecule has 3 nitrogen and oxygen atoms in total. The average molecular weight is 252 g/mol. The van der Waals surface area contributed by atoms with Crippen LogP contribution in [-0.4, -0.2) is 23.9 Å². The quantitative estimate of drug-likeness (QED) is 0.896. The van der Waals surface area contributed by atoms with Crippen LogP contribution in [0, 0.1) is 5.41 Å². The number of hydrogen-bond donors (Lipinski definition) is 1. The lowest BCUT2D eigenvalue weighted by Crippen LogP contribution is -2.47. The van der Waals surface area contributed by atoms with Crippen LogP contribution in [0.3, 0.4) is 0 Å². The van der Waals surface area contributed by atoms with Crippen LogP contribution in [0.2, 0.25) is 0 Å². The summed E-state index contributed by atoms with van der Waals surface area (Å²) in [6, 6.07) is 2.07. The Labute approximate surface area is 107 Å². The maximum absolute atomic E-state index is 12.5. The van der Waals surface area contributed by atoms with E-state index in [1.54, 1.807) is 11.3 Å². The molecule has 94 valence electrons. The SMILES string of the molecule is CN(Cc1ccsc1)C(=O)C1(C)CCCC1N. The third kappa shape index (κ3) is 2.38. The third-order valence-corrected chi connectivity index (χ3v) is 4.60. The van der Waals surface area contributed by atoms with Gasteiger partial charge in [-0.15, -0.1) is 0 Å². The fourth-order valence-corrected chi connectivity index (χ4v) is 3.28. The minimum Gasteiger partial charge on any atom is -0.341 e. The summed E-state index contributed by atoms with van der Waals surface area (Å²) in [5.74, 6) is 0.189. The molecule has 2 atom stereocenters. The Morgan fingerprint density at radius 3 is 3.00 bits per heavy atom. The second-order valence-electron chi connectivity index (χ2n) is 5.21. The minimum absolute atomic E-state index is 0.0138. The summed E-state index contributed by atoms with van der Waals surface area (Å²) < 4.78 is 0. The van der Waals surface area contributed by atoms with E-state index in [9.17, 15) is 4.79 Å². The van der Waals surface area contributed by atoms with E-state index in [0.29, 0.717) is 6.54 Å². The van der Waals surface area contributed by atoms with Gasteiger partial charge in [-0.05, 0) is 42.2 Å². The topological polar surface area (TPSA) is 46.3 Å². The molecule has 1 fully saturated rings. The number of carbonyl (C=O) groups is 1. The minimum atomic E-state index is -0.356. The summed E-state index contributed by atoms with van der Waals surface area (Å²) in [6.45, 7) is 2.70. The summed E-state index contributed by atoms with van der Waals surface area (Å²) in [5.41, 5.74) is 6.92. The summed E-state index contributed by atoms with van der Waals surface area (Å²) in [4.78, 5) is 14.3. The van der Waals surface area contributed by atoms with E-state index in [1.165, 1.54) is 5.56 Å². The first kappa shape index (κ1) is 12.6. The first-order chi connectivity index (χ1) is 8.04. The highest BCUT2D eigenvalue weighted by Gasteiger charge is 2.44. The smallest absolute Gasteiger partial charge is 0.230 e. The summed E-state index contributed by atoms with van der Waals surface area (Å²) in [5, 5.41) is 4.12. The van der Waals surface area contributed by atoms with Crippen LogP contribution in [0.1, 0.15) is 31.7 Å². The number of rotatable bonds is 3. The zero-order valence-electron chi connectivity index (χ0n) is 10.5. The molecule has 1 aliphatic rings. The Hall–Kier alpha value is -0.870. The molecule has 1 saturated carbocycles. The highest BCUT2D eigenvalue weighted by atomic mass is 32.1. The van der Waals surface area contributed by atoms with Crippen molar-refractivity contribution < 1.29 is 4.79 Å². The van der Waals surface area contributed by atoms with Crippen LogP contribution >= 0.6 is 11.3 Å². The van der Waals surface area contributed by atoms with Gasteiger partial charge in [0.25, 0.3) is 0 Å². The van der Waals surface area contributed by atoms with E-state index in [1.807, 2.05) is 24.3 Å². The number of thiophene rings is 1. The molecule has 1 aliphatic carbocycles. The predicted molar refractivity (Wildman–Crippen MR) is 70.7 cm³/mol. The van der Waals surface area contributed by atoms with Gasteiger partial charge in [0.2, 0.25) is 5.91 Å². The van der Waals surface area contributed by atoms with E-state index < -0.39 is 0 Å². The fourth-order valence-electron chi connectivity index (χ4n) is 2.62. The maximum atomic E-state index is 12.5. The Morgan fingerprint density at radius 2 is 2.47 bits per heavy atom. The van der Waals surface area contributed by atoms with Gasteiger partial charge in [-0.25, -0.2) is 0 Å². The van der Waals surface area contributed by atoms with Gasteiger partial charge in [0.1, 0.15) is 0 Å². The molecule has 1 aromatic heterocycles. The lowest BCUT2D eigenvalue weighted by atomic mass is 9.83. The van der Waals surface area contributed by atoms with Crippen molar-refractivity contribution in [2.75, 3.05) is 7.05 Å². The zero-order chi connectivity index (χ0) is 12.5. The number of carbonyl (C=O) groups excluding carboxylic acids is 1. The van der Waals surface area contributed by atoms with Gasteiger partial charge in [-0.1, -0.05) is 6.42 Å². The second-order valence-corrected chi connectivity index (χ2v) is 5.99. The zero-order valence-corrected chi connectivity index (χ0v) is 11.3. The molecule has 17 heavy (non-hydrogen) atoms. The molecule has 0 radical (unpaired) electrons. The lowest BCUT2D eigenvalue weighted by Gasteiger charge is -2.32. The van der Waals surface area contributed by atoms with Crippen molar-refractivity contribution in [2.24, 2.45) is 11.1 Å². The molecule has 0 aliphatic heterocycles. The molecule has 2 N–H and O–H groups in total. The van der Waals surface area contributed by atoms with Gasteiger partial charge in [0, 0.05) is 19.6 Å². The first-order valence-corrected chi connectivity index (χ1v) is 7.00. The summed E-state index contributed by atoms with van der Waals surface area (Å²) in [6.07, 6.45) is 2.95. The molecule has 2 unspecified atom stereocenters. The Kier molecular flexibility index (Phi) is 3.54. The number of hydrogen-bond acceptors (Lipinski definition) is 3. The molecule has 0 bridgehead atoms. The van der Waals surface area contributed by atoms with Crippen molar-refractivity contribution in [3.05, 3.63) is 22.4 Å². The fraction of sp³-hybridized carbons (Fsp3) is 0.615. The van der Waals surface area contributed by atoms with Gasteiger partial charge in [-0.2, -0.15) is 11.3 Å². The number of amides is 1. The molecular formula is C13H20N2OS. The highest BCUT2D eigenvalue weighted by Crippen LogP contribution is 2.38. The lowest BCUT2D eigenvalue weighted by molar-refractivity contribution is -0.140. The molecule has 2 rings (SSSR count). The van der Waals surface area contributed by atoms with Gasteiger partial charge < -0.3 is 10.6 Å². The van der Waals surface area contributed by atoms with Crippen molar-refractivity contribution in [3.8, 4) is 0 Å². The Balaban J connectivity index is 2.04. The van der Waals surface area contributed by atoms with Crippen LogP contribution in [0.5, 0.6) is 0 Å². The van der Waals surface area contributed by atoms with E-state index >= 15 is 0 Å². The van der Waals surface area contributed by atoms with E-state index in [2.05, 4.69) is 11.4 Å². The molecule has 0 aromatic carbocycles. The second kappa shape index (κ2) is 4.78. The number of nitrogens with zero attached hydrogens (tertiary/aromatic N) is 1. The van der Waals surface area contributed by atoms with Crippen molar-refractivity contribution in [2.45, 2.75) is 38.8 Å². The Bertz CT molecular complexity index is 390. The van der Waals surface area contributed by atoms with Crippen molar-refractivity contribution in [3.63, 3.8) is 0 Å².